The molecule has 3 aromatic rings. The summed E-state index contributed by atoms with van der Waals surface area (Å²) in [5.74, 6) is 0.973. The van der Waals surface area contributed by atoms with Crippen LogP contribution >= 0.6 is 0 Å². The lowest BCUT2D eigenvalue weighted by Crippen LogP contribution is -2.30. The number of rotatable bonds is 33. The zero-order valence-electron chi connectivity index (χ0n) is 35.6. The first kappa shape index (κ1) is 47.0. The maximum Gasteiger partial charge on any atom is 0.306 e. The summed E-state index contributed by atoms with van der Waals surface area (Å²) in [6, 6.07) is 14.4. The summed E-state index contributed by atoms with van der Waals surface area (Å²) in [6.45, 7) is 12.9. The topological polar surface area (TPSA) is 89.5 Å². The Balaban J connectivity index is 1.84. The van der Waals surface area contributed by atoms with Gasteiger partial charge in [-0.1, -0.05) is 148 Å². The van der Waals surface area contributed by atoms with Crippen molar-refractivity contribution in [2.75, 3.05) is 39.6 Å². The first-order valence-electron chi connectivity index (χ1n) is 22.2. The largest absolute Gasteiger partial charge is 0.488 e. The van der Waals surface area contributed by atoms with Crippen LogP contribution < -0.4 is 9.47 Å². The molecule has 0 aliphatic rings. The van der Waals surface area contributed by atoms with Gasteiger partial charge in [0.15, 0.2) is 12.2 Å². The van der Waals surface area contributed by atoms with E-state index < -0.39 is 12.2 Å². The Morgan fingerprint density at radius 1 is 0.482 bits per heavy atom. The SMILES string of the molecule is CCCCCCCCOCC(COc1c2ccccc2c(OCC(COCCCCCCCC)OC(=O)CCCC)c2cc(CC)ccc12)OC(=O)CCCC. The Morgan fingerprint density at radius 3 is 1.38 bits per heavy atom. The van der Waals surface area contributed by atoms with Gasteiger partial charge >= 0.3 is 11.9 Å². The van der Waals surface area contributed by atoms with Gasteiger partial charge in [-0.3, -0.25) is 9.59 Å². The molecule has 0 saturated carbocycles. The fourth-order valence-corrected chi connectivity index (χ4v) is 6.79. The minimum atomic E-state index is -0.543. The molecule has 2 unspecified atom stereocenters. The molecule has 0 radical (unpaired) electrons. The first-order valence-corrected chi connectivity index (χ1v) is 22.2. The summed E-state index contributed by atoms with van der Waals surface area (Å²) in [5.41, 5.74) is 1.17. The van der Waals surface area contributed by atoms with Crippen LogP contribution in [0.3, 0.4) is 0 Å². The number of hydrogen-bond acceptors (Lipinski definition) is 8. The molecule has 3 aromatic carbocycles. The second-order valence-corrected chi connectivity index (χ2v) is 15.2. The summed E-state index contributed by atoms with van der Waals surface area (Å²) in [5, 5.41) is 3.59. The molecule has 8 heteroatoms. The van der Waals surface area contributed by atoms with Crippen LogP contribution in [0.1, 0.15) is 156 Å². The van der Waals surface area contributed by atoms with Crippen LogP contribution in [0.25, 0.3) is 21.5 Å². The van der Waals surface area contributed by atoms with Gasteiger partial charge in [0.25, 0.3) is 0 Å². The van der Waals surface area contributed by atoms with Crippen molar-refractivity contribution in [1.29, 1.82) is 0 Å². The lowest BCUT2D eigenvalue weighted by molar-refractivity contribution is -0.155. The van der Waals surface area contributed by atoms with Crippen LogP contribution in [-0.2, 0) is 35.0 Å². The van der Waals surface area contributed by atoms with Crippen molar-refractivity contribution >= 4 is 33.5 Å². The normalized spacial score (nSPS) is 12.5. The molecule has 8 nitrogen and oxygen atoms in total. The van der Waals surface area contributed by atoms with Gasteiger partial charge < -0.3 is 28.4 Å². The molecule has 3 rings (SSSR count). The van der Waals surface area contributed by atoms with E-state index in [4.69, 9.17) is 28.4 Å². The van der Waals surface area contributed by atoms with Crippen molar-refractivity contribution < 1.29 is 38.0 Å². The van der Waals surface area contributed by atoms with E-state index in [9.17, 15) is 9.59 Å². The summed E-state index contributed by atoms with van der Waals surface area (Å²) >= 11 is 0. The Hall–Kier alpha value is -3.36. The van der Waals surface area contributed by atoms with Crippen LogP contribution in [0.4, 0.5) is 0 Å². The van der Waals surface area contributed by atoms with Crippen molar-refractivity contribution in [3.63, 3.8) is 0 Å². The fraction of sp³-hybridized carbons (Fsp3) is 0.667. The molecule has 0 spiro atoms. The molecule has 0 bridgehead atoms. The number of aryl methyl sites for hydroxylation is 1. The van der Waals surface area contributed by atoms with Crippen LogP contribution in [0.2, 0.25) is 0 Å². The van der Waals surface area contributed by atoms with Crippen molar-refractivity contribution in [3.8, 4) is 11.5 Å². The molecule has 0 aromatic heterocycles. The van der Waals surface area contributed by atoms with Crippen molar-refractivity contribution in [3.05, 3.63) is 48.0 Å². The van der Waals surface area contributed by atoms with Crippen molar-refractivity contribution in [1.82, 2.24) is 0 Å². The molecule has 0 saturated heterocycles. The summed E-state index contributed by atoms with van der Waals surface area (Å²) < 4.78 is 37.4. The summed E-state index contributed by atoms with van der Waals surface area (Å²) in [7, 11) is 0. The lowest BCUT2D eigenvalue weighted by Gasteiger charge is -2.23. The molecule has 0 N–H and O–H groups in total. The van der Waals surface area contributed by atoms with E-state index in [0.717, 1.165) is 79.3 Å². The second-order valence-electron chi connectivity index (χ2n) is 15.2. The third-order valence-electron chi connectivity index (χ3n) is 10.2. The molecular formula is C48H74O8. The van der Waals surface area contributed by atoms with Gasteiger partial charge in [-0.25, -0.2) is 0 Å². The third-order valence-corrected chi connectivity index (χ3v) is 10.2. The zero-order chi connectivity index (χ0) is 40.2. The van der Waals surface area contributed by atoms with Crippen LogP contribution in [-0.4, -0.2) is 63.8 Å². The van der Waals surface area contributed by atoms with Crippen LogP contribution in [0, 0.1) is 0 Å². The number of fused-ring (bicyclic) bond motifs is 2. The second kappa shape index (κ2) is 28.9. The van der Waals surface area contributed by atoms with Gasteiger partial charge in [-0.15, -0.1) is 0 Å². The average Bonchev–Trinajstić information content (AvgIpc) is 3.21. The number of benzene rings is 3. The standard InChI is InChI=1S/C48H74O8/c1-6-11-15-17-19-23-31-51-34-39(55-45(49)27-13-8-3)36-53-47-41-25-21-22-26-42(41)48(44-33-38(10-5)29-30-43(44)47)54-37-40(56-46(50)28-14-9-4)35-52-32-24-20-18-16-12-7-2/h21-22,25-26,29-30,33,39-40H,6-20,23-24,27-28,31-32,34-37H2,1-5H3. The van der Waals surface area contributed by atoms with Gasteiger partial charge in [0.2, 0.25) is 0 Å². The van der Waals surface area contributed by atoms with E-state index in [1.54, 1.807) is 0 Å². The van der Waals surface area contributed by atoms with Gasteiger partial charge in [-0.05, 0) is 43.7 Å². The average molecular weight is 779 g/mol. The number of hydrogen-bond donors (Lipinski definition) is 0. The summed E-state index contributed by atoms with van der Waals surface area (Å²) in [6.07, 6.45) is 18.1. The highest BCUT2D eigenvalue weighted by Gasteiger charge is 2.23. The van der Waals surface area contributed by atoms with Gasteiger partial charge in [0, 0.05) is 47.6 Å². The highest BCUT2D eigenvalue weighted by molar-refractivity contribution is 6.11. The minimum Gasteiger partial charge on any atom is -0.488 e. The molecular weight excluding hydrogens is 705 g/mol. The van der Waals surface area contributed by atoms with Crippen LogP contribution in [0.5, 0.6) is 11.5 Å². The van der Waals surface area contributed by atoms with E-state index in [-0.39, 0.29) is 38.4 Å². The molecule has 0 aliphatic heterocycles. The van der Waals surface area contributed by atoms with E-state index in [1.807, 2.05) is 24.3 Å². The number of unbranched alkanes of at least 4 members (excludes halogenated alkanes) is 12. The molecule has 0 fully saturated rings. The molecule has 0 heterocycles. The zero-order valence-corrected chi connectivity index (χ0v) is 35.6. The first-order chi connectivity index (χ1) is 27.4. The lowest BCUT2D eigenvalue weighted by atomic mass is 9.98. The van der Waals surface area contributed by atoms with Gasteiger partial charge in [0.05, 0.1) is 13.2 Å². The number of ether oxygens (including phenoxy) is 6. The smallest absolute Gasteiger partial charge is 0.306 e. The Kier molecular flexibility index (Phi) is 24.3. The molecule has 0 amide bonds. The van der Waals surface area contributed by atoms with E-state index >= 15 is 0 Å². The van der Waals surface area contributed by atoms with Crippen molar-refractivity contribution in [2.45, 2.75) is 169 Å². The van der Waals surface area contributed by atoms with Crippen LogP contribution in [0.15, 0.2) is 42.5 Å². The van der Waals surface area contributed by atoms with Crippen molar-refractivity contribution in [2.24, 2.45) is 0 Å². The molecule has 314 valence electrons. The maximum atomic E-state index is 12.8. The minimum absolute atomic E-state index is 0.162. The van der Waals surface area contributed by atoms with Gasteiger partial charge in [0.1, 0.15) is 24.7 Å². The number of esters is 2. The Morgan fingerprint density at radius 2 is 0.911 bits per heavy atom. The number of carbonyl (C=O) groups is 2. The predicted molar refractivity (Wildman–Crippen MR) is 229 cm³/mol. The fourth-order valence-electron chi connectivity index (χ4n) is 6.79. The predicted octanol–water partition coefficient (Wildman–Crippen LogP) is 12.3. The molecule has 56 heavy (non-hydrogen) atoms. The van der Waals surface area contributed by atoms with E-state index in [2.05, 4.69) is 52.8 Å². The number of carbonyl (C=O) groups excluding carboxylic acids is 2. The quantitative estimate of drug-likeness (QED) is 0.0343. The molecule has 0 aliphatic carbocycles. The summed E-state index contributed by atoms with van der Waals surface area (Å²) in [4.78, 5) is 25.6. The molecule has 2 atom stereocenters. The highest BCUT2D eigenvalue weighted by Crippen LogP contribution is 2.43. The van der Waals surface area contributed by atoms with E-state index in [1.165, 1.54) is 56.9 Å². The highest BCUT2D eigenvalue weighted by atomic mass is 16.6. The van der Waals surface area contributed by atoms with E-state index in [0.29, 0.717) is 37.6 Å². The monoisotopic (exact) mass is 779 g/mol. The van der Waals surface area contributed by atoms with Gasteiger partial charge in [-0.2, -0.15) is 0 Å². The maximum absolute atomic E-state index is 12.8. The Bertz CT molecular complexity index is 1520. The Labute approximate surface area is 338 Å². The third kappa shape index (κ3) is 17.4.